The number of carbonyl (C=O) groups is 1. The lowest BCUT2D eigenvalue weighted by atomic mass is 10.2. The first-order valence-electron chi connectivity index (χ1n) is 5.97. The molecule has 3 aromatic rings. The number of aryl methyl sites for hydroxylation is 1. The molecule has 7 heteroatoms. The summed E-state index contributed by atoms with van der Waals surface area (Å²) in [5.41, 5.74) is 0.509. The minimum absolute atomic E-state index is 0.0278. The second-order valence-corrected chi connectivity index (χ2v) is 5.25. The number of carboxylic acids is 1. The number of hydrogen-bond donors (Lipinski definition) is 1. The molecule has 1 N–H and O–H groups in total. The van der Waals surface area contributed by atoms with Gasteiger partial charge in [0.05, 0.1) is 5.39 Å². The van der Waals surface area contributed by atoms with E-state index in [9.17, 15) is 9.18 Å². The number of carboxylic acid groups (broad SMARTS) is 1. The molecule has 0 amide bonds. The molecule has 3 rings (SSSR count). The fourth-order valence-corrected chi connectivity index (χ4v) is 2.93. The van der Waals surface area contributed by atoms with Crippen molar-refractivity contribution in [1.29, 1.82) is 0 Å². The summed E-state index contributed by atoms with van der Waals surface area (Å²) in [6.07, 6.45) is 1.26. The lowest BCUT2D eigenvalue weighted by molar-refractivity contribution is 0.0701. The molecular weight excluding hydrogens is 295 g/mol. The summed E-state index contributed by atoms with van der Waals surface area (Å²) in [6, 6.07) is 5.94. The summed E-state index contributed by atoms with van der Waals surface area (Å²) in [5.74, 6) is -1.38. The van der Waals surface area contributed by atoms with Crippen molar-refractivity contribution in [1.82, 2.24) is 9.97 Å². The van der Waals surface area contributed by atoms with Gasteiger partial charge in [-0.1, -0.05) is 12.1 Å². The van der Waals surface area contributed by atoms with E-state index in [4.69, 9.17) is 9.84 Å². The third kappa shape index (κ3) is 2.31. The number of nitrogens with zero attached hydrogens (tertiary/aromatic N) is 2. The number of hydrogen-bond acceptors (Lipinski definition) is 5. The lowest BCUT2D eigenvalue weighted by Crippen LogP contribution is -1.95. The number of aromatic nitrogens is 2. The van der Waals surface area contributed by atoms with Gasteiger partial charge in [-0.15, -0.1) is 11.3 Å². The molecule has 2 heterocycles. The van der Waals surface area contributed by atoms with E-state index < -0.39 is 11.8 Å². The number of halogens is 1. The van der Waals surface area contributed by atoms with Crippen molar-refractivity contribution in [3.8, 4) is 11.6 Å². The average Bonchev–Trinajstić information content (AvgIpc) is 2.80. The van der Waals surface area contributed by atoms with Crippen LogP contribution < -0.4 is 4.74 Å². The molecule has 2 aromatic heterocycles. The molecular formula is C14H9FN2O3S. The van der Waals surface area contributed by atoms with Crippen molar-refractivity contribution in [3.05, 3.63) is 46.9 Å². The van der Waals surface area contributed by atoms with Crippen LogP contribution in [0.15, 0.2) is 30.6 Å². The summed E-state index contributed by atoms with van der Waals surface area (Å²) >= 11 is 1.04. The van der Waals surface area contributed by atoms with E-state index in [1.54, 1.807) is 19.1 Å². The van der Waals surface area contributed by atoms with Crippen LogP contribution in [-0.2, 0) is 0 Å². The van der Waals surface area contributed by atoms with Crippen LogP contribution in [0.25, 0.3) is 10.2 Å². The van der Waals surface area contributed by atoms with Crippen LogP contribution in [0.5, 0.6) is 11.6 Å². The van der Waals surface area contributed by atoms with Gasteiger partial charge in [-0.2, -0.15) is 0 Å². The lowest BCUT2D eigenvalue weighted by Gasteiger charge is -2.06. The van der Waals surface area contributed by atoms with Gasteiger partial charge in [0.1, 0.15) is 16.0 Å². The molecule has 0 spiro atoms. The maximum atomic E-state index is 13.6. The summed E-state index contributed by atoms with van der Waals surface area (Å²) in [5, 5.41) is 9.64. The van der Waals surface area contributed by atoms with Crippen LogP contribution in [0, 0.1) is 12.7 Å². The highest BCUT2D eigenvalue weighted by molar-refractivity contribution is 7.20. The third-order valence-electron chi connectivity index (χ3n) is 2.93. The highest BCUT2D eigenvalue weighted by Crippen LogP contribution is 2.36. The Kier molecular flexibility index (Phi) is 3.26. The molecule has 0 atom stereocenters. The zero-order valence-corrected chi connectivity index (χ0v) is 11.6. The fourth-order valence-electron chi connectivity index (χ4n) is 1.95. The summed E-state index contributed by atoms with van der Waals surface area (Å²) in [6.45, 7) is 1.65. The Labute approximate surface area is 122 Å². The van der Waals surface area contributed by atoms with Crippen molar-refractivity contribution < 1.29 is 19.0 Å². The molecule has 0 aliphatic carbocycles. The second kappa shape index (κ2) is 5.10. The van der Waals surface area contributed by atoms with Crippen LogP contribution >= 0.6 is 11.3 Å². The van der Waals surface area contributed by atoms with Gasteiger partial charge in [-0.25, -0.2) is 19.2 Å². The zero-order chi connectivity index (χ0) is 15.0. The van der Waals surface area contributed by atoms with E-state index in [0.717, 1.165) is 11.3 Å². The van der Waals surface area contributed by atoms with Crippen LogP contribution in [0.2, 0.25) is 0 Å². The second-order valence-electron chi connectivity index (χ2n) is 4.25. The predicted molar refractivity (Wildman–Crippen MR) is 75.6 cm³/mol. The van der Waals surface area contributed by atoms with Crippen molar-refractivity contribution in [2.45, 2.75) is 6.92 Å². The molecule has 106 valence electrons. The highest BCUT2D eigenvalue weighted by atomic mass is 32.1. The first-order chi connectivity index (χ1) is 10.1. The molecule has 1 aromatic carbocycles. The first-order valence-corrected chi connectivity index (χ1v) is 6.79. The van der Waals surface area contributed by atoms with Crippen LogP contribution in [0.3, 0.4) is 0 Å². The zero-order valence-electron chi connectivity index (χ0n) is 10.8. The van der Waals surface area contributed by atoms with Crippen molar-refractivity contribution in [3.63, 3.8) is 0 Å². The third-order valence-corrected chi connectivity index (χ3v) is 4.12. The van der Waals surface area contributed by atoms with Crippen molar-refractivity contribution >= 4 is 27.5 Å². The summed E-state index contributed by atoms with van der Waals surface area (Å²) in [4.78, 5) is 19.9. The first kappa shape index (κ1) is 13.4. The van der Waals surface area contributed by atoms with Gasteiger partial charge in [0.2, 0.25) is 5.88 Å². The largest absolute Gasteiger partial charge is 0.477 e. The monoisotopic (exact) mass is 304 g/mol. The highest BCUT2D eigenvalue weighted by Gasteiger charge is 2.20. The molecule has 0 saturated carbocycles. The minimum Gasteiger partial charge on any atom is -0.477 e. The average molecular weight is 304 g/mol. The number of benzene rings is 1. The van der Waals surface area contributed by atoms with E-state index in [2.05, 4.69) is 9.97 Å². The van der Waals surface area contributed by atoms with Gasteiger partial charge in [-0.05, 0) is 24.6 Å². The topological polar surface area (TPSA) is 72.3 Å². The smallest absolute Gasteiger partial charge is 0.346 e. The maximum absolute atomic E-state index is 13.6. The molecule has 0 aliphatic heterocycles. The van der Waals surface area contributed by atoms with Gasteiger partial charge in [-0.3, -0.25) is 0 Å². The Hall–Kier alpha value is -2.54. The Morgan fingerprint density at radius 1 is 1.33 bits per heavy atom. The van der Waals surface area contributed by atoms with Gasteiger partial charge in [0, 0.05) is 0 Å². The molecule has 0 radical (unpaired) electrons. The Morgan fingerprint density at radius 2 is 2.10 bits per heavy atom. The number of rotatable bonds is 3. The van der Waals surface area contributed by atoms with Gasteiger partial charge >= 0.3 is 5.97 Å². The molecule has 0 saturated heterocycles. The van der Waals surface area contributed by atoms with Crippen LogP contribution in [0.4, 0.5) is 4.39 Å². The minimum atomic E-state index is -1.03. The van der Waals surface area contributed by atoms with Gasteiger partial charge < -0.3 is 9.84 Å². The summed E-state index contributed by atoms with van der Waals surface area (Å²) < 4.78 is 19.1. The molecule has 0 fully saturated rings. The van der Waals surface area contributed by atoms with E-state index in [0.29, 0.717) is 15.8 Å². The normalized spacial score (nSPS) is 10.8. The van der Waals surface area contributed by atoms with Crippen LogP contribution in [-0.4, -0.2) is 21.0 Å². The molecule has 0 bridgehead atoms. The summed E-state index contributed by atoms with van der Waals surface area (Å²) in [7, 11) is 0. The maximum Gasteiger partial charge on any atom is 0.346 e. The number of fused-ring (bicyclic) bond motifs is 1. The van der Waals surface area contributed by atoms with E-state index in [1.165, 1.54) is 18.5 Å². The van der Waals surface area contributed by atoms with E-state index in [1.807, 2.05) is 0 Å². The number of ether oxygens (including phenoxy) is 1. The number of aromatic carboxylic acids is 1. The Morgan fingerprint density at radius 3 is 2.81 bits per heavy atom. The van der Waals surface area contributed by atoms with Crippen molar-refractivity contribution in [2.24, 2.45) is 0 Å². The van der Waals surface area contributed by atoms with E-state index in [-0.39, 0.29) is 16.5 Å². The fraction of sp³-hybridized carbons (Fsp3) is 0.0714. The number of para-hydroxylation sites is 1. The van der Waals surface area contributed by atoms with Gasteiger partial charge in [0.25, 0.3) is 0 Å². The SMILES string of the molecule is Cc1c(C(=O)O)sc2ncnc(Oc3ccccc3F)c12. The molecule has 0 aliphatic rings. The molecule has 5 nitrogen and oxygen atoms in total. The number of thiophene rings is 1. The Balaban J connectivity index is 2.15. The van der Waals surface area contributed by atoms with Crippen molar-refractivity contribution in [2.75, 3.05) is 0 Å². The standard InChI is InChI=1S/C14H9FN2O3S/c1-7-10-12(20-9-5-3-2-4-8(9)15)16-6-17-13(10)21-11(7)14(18)19/h2-6H,1H3,(H,18,19). The predicted octanol–water partition coefficient (Wildman–Crippen LogP) is 3.63. The van der Waals surface area contributed by atoms with Gasteiger partial charge in [0.15, 0.2) is 11.6 Å². The van der Waals surface area contributed by atoms with Crippen LogP contribution in [0.1, 0.15) is 15.2 Å². The quantitative estimate of drug-likeness (QED) is 0.800. The Bertz CT molecular complexity index is 847. The molecule has 21 heavy (non-hydrogen) atoms. The molecule has 0 unspecified atom stereocenters. The van der Waals surface area contributed by atoms with E-state index >= 15 is 0 Å².